The van der Waals surface area contributed by atoms with Crippen LogP contribution in [0, 0.1) is 0 Å². The van der Waals surface area contributed by atoms with Crippen molar-refractivity contribution in [1.82, 2.24) is 4.90 Å². The third-order valence-corrected chi connectivity index (χ3v) is 4.96. The van der Waals surface area contributed by atoms with Crippen LogP contribution in [0.1, 0.15) is 38.6 Å². The Bertz CT molecular complexity index is 673. The fourth-order valence-corrected chi connectivity index (χ4v) is 3.77. The molecule has 0 aliphatic carbocycles. The van der Waals surface area contributed by atoms with E-state index in [0.717, 1.165) is 5.56 Å². The molecule has 1 aromatic carbocycles. The van der Waals surface area contributed by atoms with Crippen molar-refractivity contribution in [3.05, 3.63) is 23.8 Å². The van der Waals surface area contributed by atoms with E-state index in [2.05, 4.69) is 0 Å². The van der Waals surface area contributed by atoms with E-state index in [0.29, 0.717) is 31.3 Å². The molecular weight excluding hydrogens is 370 g/mol. The van der Waals surface area contributed by atoms with Gasteiger partial charge in [0.25, 0.3) is 0 Å². The number of amides is 1. The van der Waals surface area contributed by atoms with Crippen LogP contribution in [0.2, 0.25) is 0 Å². The van der Waals surface area contributed by atoms with Crippen LogP contribution >= 0.6 is 11.8 Å². The van der Waals surface area contributed by atoms with Crippen LogP contribution in [0.4, 0.5) is 4.79 Å². The van der Waals surface area contributed by atoms with Crippen LogP contribution in [-0.4, -0.2) is 55.2 Å². The van der Waals surface area contributed by atoms with Gasteiger partial charge in [-0.1, -0.05) is 6.07 Å². The summed E-state index contributed by atoms with van der Waals surface area (Å²) in [5.41, 5.74) is 0.252. The predicted molar refractivity (Wildman–Crippen MR) is 103 cm³/mol. The maximum Gasteiger partial charge on any atom is 0.514 e. The first kappa shape index (κ1) is 21.4. The topological polar surface area (TPSA) is 74.3 Å². The highest BCUT2D eigenvalue weighted by Gasteiger charge is 2.33. The molecule has 1 aromatic rings. The molecule has 0 saturated carbocycles. The third kappa shape index (κ3) is 6.04. The van der Waals surface area contributed by atoms with Gasteiger partial charge in [0.05, 0.1) is 19.5 Å². The Hall–Kier alpha value is -1.93. The van der Waals surface area contributed by atoms with E-state index in [4.69, 9.17) is 18.9 Å². The lowest BCUT2D eigenvalue weighted by atomic mass is 10.2. The van der Waals surface area contributed by atoms with Gasteiger partial charge >= 0.3 is 6.16 Å². The zero-order chi connectivity index (χ0) is 20.0. The number of nitrogens with zero attached hydrogens (tertiary/aromatic N) is 1. The van der Waals surface area contributed by atoms with E-state index in [-0.39, 0.29) is 17.0 Å². The average Bonchev–Trinajstić information content (AvgIpc) is 2.95. The van der Waals surface area contributed by atoms with Crippen molar-refractivity contribution in [2.24, 2.45) is 0 Å². The molecule has 27 heavy (non-hydrogen) atoms. The van der Waals surface area contributed by atoms with Crippen molar-refractivity contribution < 1.29 is 28.5 Å². The second kappa shape index (κ2) is 9.32. The molecule has 0 N–H and O–H groups in total. The smallest absolute Gasteiger partial charge is 0.493 e. The summed E-state index contributed by atoms with van der Waals surface area (Å²) in [6, 6.07) is 5.26. The van der Waals surface area contributed by atoms with Crippen LogP contribution in [0.15, 0.2) is 18.2 Å². The fraction of sp³-hybridized carbons (Fsp3) is 0.579. The van der Waals surface area contributed by atoms with Crippen LogP contribution in [0.25, 0.3) is 0 Å². The lowest BCUT2D eigenvalue weighted by molar-refractivity contribution is -0.128. The normalized spacial score (nSPS) is 17.1. The molecule has 0 radical (unpaired) electrons. The van der Waals surface area contributed by atoms with E-state index < -0.39 is 11.8 Å². The van der Waals surface area contributed by atoms with Crippen molar-refractivity contribution in [2.45, 2.75) is 38.7 Å². The summed E-state index contributed by atoms with van der Waals surface area (Å²) < 4.78 is 21.2. The Morgan fingerprint density at radius 2 is 2.04 bits per heavy atom. The summed E-state index contributed by atoms with van der Waals surface area (Å²) >= 11 is 1.55. The molecular formula is C19H27NO6S. The van der Waals surface area contributed by atoms with E-state index in [1.54, 1.807) is 49.6 Å². The van der Waals surface area contributed by atoms with E-state index in [1.165, 1.54) is 7.11 Å². The van der Waals surface area contributed by atoms with Gasteiger partial charge in [0.15, 0.2) is 11.5 Å². The molecule has 0 spiro atoms. The molecule has 1 atom stereocenters. The fourth-order valence-electron chi connectivity index (χ4n) is 2.56. The highest BCUT2D eigenvalue weighted by molar-refractivity contribution is 8.00. The molecule has 7 nitrogen and oxygen atoms in total. The number of hydrogen-bond acceptors (Lipinski definition) is 7. The lowest BCUT2D eigenvalue weighted by Gasteiger charge is -2.25. The van der Waals surface area contributed by atoms with E-state index in [9.17, 15) is 9.59 Å². The number of thioether (sulfide) groups is 1. The maximum atomic E-state index is 12.2. The predicted octanol–water partition coefficient (Wildman–Crippen LogP) is 3.62. The zero-order valence-corrected chi connectivity index (χ0v) is 17.3. The van der Waals surface area contributed by atoms with Gasteiger partial charge in [0, 0.05) is 13.2 Å². The van der Waals surface area contributed by atoms with E-state index in [1.807, 2.05) is 13.0 Å². The van der Waals surface area contributed by atoms with Gasteiger partial charge in [-0.3, -0.25) is 4.79 Å². The highest BCUT2D eigenvalue weighted by Crippen LogP contribution is 2.41. The van der Waals surface area contributed by atoms with Gasteiger partial charge in [-0.25, -0.2) is 4.79 Å². The van der Waals surface area contributed by atoms with Crippen LogP contribution < -0.4 is 9.47 Å². The Balaban J connectivity index is 2.14. The minimum absolute atomic E-state index is 0.0813. The molecule has 1 aliphatic heterocycles. The highest BCUT2D eigenvalue weighted by atomic mass is 32.2. The molecule has 0 bridgehead atoms. The van der Waals surface area contributed by atoms with Crippen LogP contribution in [0.5, 0.6) is 11.5 Å². The van der Waals surface area contributed by atoms with E-state index >= 15 is 0 Å². The van der Waals surface area contributed by atoms with Gasteiger partial charge in [-0.2, -0.15) is 0 Å². The number of benzene rings is 1. The van der Waals surface area contributed by atoms with Gasteiger partial charge in [0.2, 0.25) is 5.91 Å². The van der Waals surface area contributed by atoms with Gasteiger partial charge in [-0.05, 0) is 45.4 Å². The average molecular weight is 397 g/mol. The minimum Gasteiger partial charge on any atom is -0.493 e. The monoisotopic (exact) mass is 397 g/mol. The number of carbonyl (C=O) groups excluding carboxylic acids is 2. The number of ether oxygens (including phenoxy) is 4. The SMILES string of the molecule is CCOCCN1C(=O)CSC1c1ccc(OC(=O)OC(C)(C)C)c(OC)c1. The van der Waals surface area contributed by atoms with Crippen molar-refractivity contribution in [1.29, 1.82) is 0 Å². The lowest BCUT2D eigenvalue weighted by Crippen LogP contribution is -2.31. The van der Waals surface area contributed by atoms with Crippen molar-refractivity contribution in [3.63, 3.8) is 0 Å². The molecule has 1 heterocycles. The molecule has 8 heteroatoms. The summed E-state index contributed by atoms with van der Waals surface area (Å²) in [6.07, 6.45) is -0.794. The standard InChI is InChI=1S/C19H27NO6S/c1-6-24-10-9-20-16(21)12-27-17(20)13-7-8-14(15(11-13)23-5)25-18(22)26-19(2,3)4/h7-8,11,17H,6,9-10,12H2,1-5H3. The molecule has 1 amide bonds. The van der Waals surface area contributed by atoms with Crippen molar-refractivity contribution >= 4 is 23.8 Å². The maximum absolute atomic E-state index is 12.2. The number of rotatable bonds is 7. The number of hydrogen-bond donors (Lipinski definition) is 0. The summed E-state index contributed by atoms with van der Waals surface area (Å²) in [5.74, 6) is 1.18. The summed E-state index contributed by atoms with van der Waals surface area (Å²) in [4.78, 5) is 25.9. The number of methoxy groups -OCH3 is 1. The third-order valence-electron chi connectivity index (χ3n) is 3.70. The first-order valence-corrected chi connectivity index (χ1v) is 9.87. The summed E-state index contributed by atoms with van der Waals surface area (Å²) in [7, 11) is 1.50. The second-order valence-electron chi connectivity index (χ2n) is 6.92. The van der Waals surface area contributed by atoms with Crippen LogP contribution in [0.3, 0.4) is 0 Å². The van der Waals surface area contributed by atoms with Gasteiger partial charge < -0.3 is 23.8 Å². The molecule has 1 fully saturated rings. The van der Waals surface area contributed by atoms with Crippen LogP contribution in [-0.2, 0) is 14.3 Å². The molecule has 2 rings (SSSR count). The minimum atomic E-state index is -0.794. The molecule has 150 valence electrons. The Labute approximate surface area is 164 Å². The quantitative estimate of drug-likeness (QED) is 0.395. The van der Waals surface area contributed by atoms with Crippen molar-refractivity contribution in [2.75, 3.05) is 32.6 Å². The first-order valence-electron chi connectivity index (χ1n) is 8.82. The largest absolute Gasteiger partial charge is 0.514 e. The second-order valence-corrected chi connectivity index (χ2v) is 7.99. The molecule has 1 saturated heterocycles. The van der Waals surface area contributed by atoms with Gasteiger partial charge in [-0.15, -0.1) is 11.8 Å². The molecule has 1 unspecified atom stereocenters. The number of carbonyl (C=O) groups is 2. The van der Waals surface area contributed by atoms with Crippen molar-refractivity contribution in [3.8, 4) is 11.5 Å². The summed E-state index contributed by atoms with van der Waals surface area (Å²) in [5, 5.41) is -0.123. The summed E-state index contributed by atoms with van der Waals surface area (Å²) in [6.45, 7) is 8.86. The Kier molecular flexibility index (Phi) is 7.38. The van der Waals surface area contributed by atoms with Gasteiger partial charge in [0.1, 0.15) is 11.0 Å². The molecule has 0 aromatic heterocycles. The molecule has 1 aliphatic rings. The first-order chi connectivity index (χ1) is 12.7. The Morgan fingerprint density at radius 1 is 1.30 bits per heavy atom. The Morgan fingerprint density at radius 3 is 2.67 bits per heavy atom. The zero-order valence-electron chi connectivity index (χ0n) is 16.4.